The lowest BCUT2D eigenvalue weighted by Gasteiger charge is -2.13. The summed E-state index contributed by atoms with van der Waals surface area (Å²) in [6, 6.07) is 17.0. The zero-order chi connectivity index (χ0) is 21.5. The molecule has 1 aromatic heterocycles. The molecule has 0 aliphatic heterocycles. The highest BCUT2D eigenvalue weighted by atomic mass is 19.4. The van der Waals surface area contributed by atoms with E-state index in [1.165, 1.54) is 0 Å². The largest absolute Gasteiger partial charge is 0.494 e. The molecule has 1 heterocycles. The van der Waals surface area contributed by atoms with E-state index in [-0.39, 0.29) is 12.1 Å². The summed E-state index contributed by atoms with van der Waals surface area (Å²) in [5.74, 6) is -0.000300. The number of carbonyl (C=O) groups excluding carboxylic acids is 1. The molecule has 30 heavy (non-hydrogen) atoms. The highest BCUT2D eigenvalue weighted by Crippen LogP contribution is 2.37. The molecular formula is C23H18F3N2O2. The predicted octanol–water partition coefficient (Wildman–Crippen LogP) is 5.16. The van der Waals surface area contributed by atoms with Crippen molar-refractivity contribution < 1.29 is 22.7 Å². The normalized spacial score (nSPS) is 11.9. The summed E-state index contributed by atoms with van der Waals surface area (Å²) in [6.07, 6.45) is -4.51. The first-order valence-corrected chi connectivity index (χ1v) is 9.35. The third-order valence-corrected chi connectivity index (χ3v) is 4.99. The van der Waals surface area contributed by atoms with Crippen LogP contribution in [0.1, 0.15) is 28.4 Å². The lowest BCUT2D eigenvalue weighted by Crippen LogP contribution is -2.11. The van der Waals surface area contributed by atoms with Gasteiger partial charge in [-0.25, -0.2) is 0 Å². The van der Waals surface area contributed by atoms with Gasteiger partial charge < -0.3 is 15.0 Å². The summed E-state index contributed by atoms with van der Waals surface area (Å²) >= 11 is 0. The van der Waals surface area contributed by atoms with Crippen molar-refractivity contribution in [3.8, 4) is 5.75 Å². The number of hydrogen-bond donors (Lipinski definition) is 1. The number of aromatic nitrogens is 1. The van der Waals surface area contributed by atoms with Crippen molar-refractivity contribution in [2.45, 2.75) is 19.6 Å². The number of halogens is 3. The number of amides is 1. The van der Waals surface area contributed by atoms with Crippen molar-refractivity contribution in [3.63, 3.8) is 0 Å². The SMILES string of the molecule is CCOc1ccccc1Cn1c2cc(C(F)(F)F)c[c]c2c2c(C(N)=O)cccc21. The number of nitrogens with zero attached hydrogens (tertiary/aromatic N) is 1. The minimum Gasteiger partial charge on any atom is -0.494 e. The quantitative estimate of drug-likeness (QED) is 0.493. The molecule has 4 aromatic rings. The number of para-hydroxylation sites is 1. The molecule has 3 aromatic carbocycles. The molecule has 0 saturated heterocycles. The minimum atomic E-state index is -4.51. The van der Waals surface area contributed by atoms with E-state index in [0.717, 1.165) is 17.7 Å². The average Bonchev–Trinajstić information content (AvgIpc) is 3.02. The van der Waals surface area contributed by atoms with Gasteiger partial charge in [-0.15, -0.1) is 0 Å². The molecule has 4 rings (SSSR count). The molecule has 0 spiro atoms. The van der Waals surface area contributed by atoms with E-state index in [9.17, 15) is 18.0 Å². The lowest BCUT2D eigenvalue weighted by molar-refractivity contribution is -0.137. The number of rotatable bonds is 5. The smallest absolute Gasteiger partial charge is 0.416 e. The van der Waals surface area contributed by atoms with E-state index in [2.05, 4.69) is 6.07 Å². The summed E-state index contributed by atoms with van der Waals surface area (Å²) in [4.78, 5) is 12.0. The van der Waals surface area contributed by atoms with Crippen LogP contribution < -0.4 is 10.5 Å². The fraction of sp³-hybridized carbons (Fsp3) is 0.174. The molecule has 4 nitrogen and oxygen atoms in total. The van der Waals surface area contributed by atoms with Crippen molar-refractivity contribution in [1.82, 2.24) is 4.57 Å². The van der Waals surface area contributed by atoms with Gasteiger partial charge >= 0.3 is 6.18 Å². The van der Waals surface area contributed by atoms with Crippen molar-refractivity contribution >= 4 is 27.7 Å². The van der Waals surface area contributed by atoms with Gasteiger partial charge in [0.25, 0.3) is 0 Å². The van der Waals surface area contributed by atoms with Crippen LogP contribution in [-0.4, -0.2) is 17.1 Å². The fourth-order valence-corrected chi connectivity index (χ4v) is 3.70. The molecule has 1 amide bonds. The molecule has 0 unspecified atom stereocenters. The second-order valence-corrected chi connectivity index (χ2v) is 6.84. The maximum absolute atomic E-state index is 13.4. The zero-order valence-corrected chi connectivity index (χ0v) is 16.1. The van der Waals surface area contributed by atoms with Gasteiger partial charge in [0.15, 0.2) is 0 Å². The highest BCUT2D eigenvalue weighted by Gasteiger charge is 2.31. The van der Waals surface area contributed by atoms with Crippen LogP contribution in [0.3, 0.4) is 0 Å². The molecule has 0 atom stereocenters. The maximum Gasteiger partial charge on any atom is 0.416 e. The zero-order valence-electron chi connectivity index (χ0n) is 16.1. The Kier molecular flexibility index (Phi) is 4.89. The van der Waals surface area contributed by atoms with Crippen molar-refractivity contribution in [2.75, 3.05) is 6.61 Å². The summed E-state index contributed by atoms with van der Waals surface area (Å²) in [7, 11) is 0. The van der Waals surface area contributed by atoms with Gasteiger partial charge in [-0.2, -0.15) is 13.2 Å². The molecule has 0 aliphatic carbocycles. The summed E-state index contributed by atoms with van der Waals surface area (Å²) in [5.41, 5.74) is 6.69. The monoisotopic (exact) mass is 411 g/mol. The Morgan fingerprint density at radius 3 is 2.60 bits per heavy atom. The average molecular weight is 411 g/mol. The number of benzene rings is 3. The fourth-order valence-electron chi connectivity index (χ4n) is 3.70. The highest BCUT2D eigenvalue weighted by molar-refractivity contribution is 6.17. The molecule has 2 N–H and O–H groups in total. The number of nitrogens with two attached hydrogens (primary N) is 1. The first-order valence-electron chi connectivity index (χ1n) is 9.35. The molecule has 0 aliphatic rings. The van der Waals surface area contributed by atoms with Crippen LogP contribution in [0.25, 0.3) is 21.8 Å². The summed E-state index contributed by atoms with van der Waals surface area (Å²) in [6.45, 7) is 2.58. The Balaban J connectivity index is 2.03. The van der Waals surface area contributed by atoms with Gasteiger partial charge in [-0.1, -0.05) is 24.3 Å². The van der Waals surface area contributed by atoms with Crippen LogP contribution >= 0.6 is 0 Å². The van der Waals surface area contributed by atoms with Gasteiger partial charge in [-0.05, 0) is 43.3 Å². The van der Waals surface area contributed by atoms with Crippen LogP contribution in [0.4, 0.5) is 13.2 Å². The number of hydrogen-bond acceptors (Lipinski definition) is 2. The second-order valence-electron chi connectivity index (χ2n) is 6.84. The Labute approximate surface area is 170 Å². The predicted molar refractivity (Wildman–Crippen MR) is 109 cm³/mol. The topological polar surface area (TPSA) is 57.2 Å². The standard InChI is InChI=1S/C23H18F3N2O2/c1-2-30-20-9-4-3-6-14(20)13-28-18-8-5-7-17(22(27)29)21(18)16-11-10-15(12-19(16)28)23(24,25)26/h3-10,12H,2,13H2,1H3,(H2,27,29). The summed E-state index contributed by atoms with van der Waals surface area (Å²) in [5, 5.41) is 0.906. The minimum absolute atomic E-state index is 0.241. The van der Waals surface area contributed by atoms with Gasteiger partial charge in [0.1, 0.15) is 5.75 Å². The van der Waals surface area contributed by atoms with Crippen LogP contribution in [0.2, 0.25) is 0 Å². The van der Waals surface area contributed by atoms with E-state index in [1.807, 2.05) is 31.2 Å². The van der Waals surface area contributed by atoms with E-state index in [0.29, 0.717) is 34.2 Å². The first kappa shape index (κ1) is 19.8. The Bertz CT molecular complexity index is 1260. The van der Waals surface area contributed by atoms with Gasteiger partial charge in [0.2, 0.25) is 5.91 Å². The van der Waals surface area contributed by atoms with E-state index >= 15 is 0 Å². The van der Waals surface area contributed by atoms with Crippen LogP contribution in [0.5, 0.6) is 5.75 Å². The number of fused-ring (bicyclic) bond motifs is 3. The van der Waals surface area contributed by atoms with E-state index in [4.69, 9.17) is 10.5 Å². The molecule has 153 valence electrons. The molecular weight excluding hydrogens is 393 g/mol. The molecule has 1 radical (unpaired) electrons. The number of alkyl halides is 3. The molecule has 0 fully saturated rings. The number of primary amides is 1. The molecule has 0 saturated carbocycles. The van der Waals surface area contributed by atoms with Gasteiger partial charge in [0, 0.05) is 21.9 Å². The molecule has 0 bridgehead atoms. The summed E-state index contributed by atoms with van der Waals surface area (Å²) < 4.78 is 47.5. The lowest BCUT2D eigenvalue weighted by atomic mass is 10.0. The number of carbonyl (C=O) groups is 1. The van der Waals surface area contributed by atoms with Crippen molar-refractivity contribution in [1.29, 1.82) is 0 Å². The third-order valence-electron chi connectivity index (χ3n) is 4.99. The second kappa shape index (κ2) is 7.40. The maximum atomic E-state index is 13.4. The van der Waals surface area contributed by atoms with Gasteiger partial charge in [0.05, 0.1) is 29.7 Å². The Morgan fingerprint density at radius 2 is 1.90 bits per heavy atom. The van der Waals surface area contributed by atoms with E-state index < -0.39 is 17.6 Å². The molecule has 7 heteroatoms. The van der Waals surface area contributed by atoms with Crippen LogP contribution in [0.15, 0.2) is 54.6 Å². The van der Waals surface area contributed by atoms with Crippen molar-refractivity contribution in [2.24, 2.45) is 5.73 Å². The third kappa shape index (κ3) is 3.36. The first-order chi connectivity index (χ1) is 14.3. The Morgan fingerprint density at radius 1 is 1.13 bits per heavy atom. The van der Waals surface area contributed by atoms with E-state index in [1.54, 1.807) is 22.8 Å². The number of ether oxygens (including phenoxy) is 1. The van der Waals surface area contributed by atoms with Crippen LogP contribution in [-0.2, 0) is 12.7 Å². The van der Waals surface area contributed by atoms with Gasteiger partial charge in [-0.3, -0.25) is 4.79 Å². The Hall–Kier alpha value is -3.48. The van der Waals surface area contributed by atoms with Crippen LogP contribution in [0, 0.1) is 6.07 Å². The van der Waals surface area contributed by atoms with Crippen molar-refractivity contribution in [3.05, 3.63) is 77.4 Å².